The molecule has 3 aliphatic rings. The smallest absolute Gasteiger partial charge is 0.427 e. The highest BCUT2D eigenvalue weighted by Crippen LogP contribution is 2.85. The summed E-state index contributed by atoms with van der Waals surface area (Å²) in [6.07, 6.45) is -14.6. The fourth-order valence-corrected chi connectivity index (χ4v) is 3.27. The second kappa shape index (κ2) is 3.14. The van der Waals surface area contributed by atoms with Crippen molar-refractivity contribution < 1.29 is 40.8 Å². The topological polar surface area (TPSA) is 40.5 Å². The van der Waals surface area contributed by atoms with Crippen LogP contribution in [0.4, 0.5) is 30.7 Å². The predicted octanol–water partition coefficient (Wildman–Crippen LogP) is 2.22. The molecule has 0 atom stereocenters. The van der Waals surface area contributed by atoms with E-state index >= 15 is 0 Å². The van der Waals surface area contributed by atoms with Crippen LogP contribution in [0.25, 0.3) is 0 Å². The van der Waals surface area contributed by atoms with Gasteiger partial charge in [-0.3, -0.25) is 0 Å². The Hall–Kier alpha value is -0.505. The van der Waals surface area contributed by atoms with Crippen molar-refractivity contribution in [1.29, 1.82) is 0 Å². The zero-order valence-corrected chi connectivity index (χ0v) is 8.74. The summed E-state index contributed by atoms with van der Waals surface area (Å²) in [4.78, 5) is 0. The van der Waals surface area contributed by atoms with E-state index in [1.807, 2.05) is 0 Å². The lowest BCUT2D eigenvalue weighted by Gasteiger charge is -2.73. The SMILES string of the molecule is OB(O)C12CC(C(F)(C(F)(F)F)C(F)(F)F)(C1)C2. The first-order chi connectivity index (χ1) is 7.81. The van der Waals surface area contributed by atoms with Crippen molar-refractivity contribution in [2.45, 2.75) is 42.6 Å². The largest absolute Gasteiger partial charge is 0.458 e. The normalized spacial score (nSPS) is 35.8. The Bertz CT molecular complexity index is 341. The monoisotopic (exact) mass is 280 g/mol. The minimum absolute atomic E-state index is 0.826. The molecule has 3 aliphatic carbocycles. The van der Waals surface area contributed by atoms with Crippen LogP contribution in [0, 0.1) is 5.41 Å². The lowest BCUT2D eigenvalue weighted by molar-refractivity contribution is -0.414. The highest BCUT2D eigenvalue weighted by Gasteiger charge is 2.91. The second-order valence-corrected chi connectivity index (χ2v) is 5.20. The van der Waals surface area contributed by atoms with Crippen LogP contribution in [-0.4, -0.2) is 35.2 Å². The fourth-order valence-electron chi connectivity index (χ4n) is 3.27. The van der Waals surface area contributed by atoms with Crippen molar-refractivity contribution in [3.63, 3.8) is 0 Å². The van der Waals surface area contributed by atoms with E-state index in [-0.39, 0.29) is 0 Å². The molecule has 0 spiro atoms. The first-order valence-corrected chi connectivity index (χ1v) is 5.00. The van der Waals surface area contributed by atoms with Crippen LogP contribution in [-0.2, 0) is 0 Å². The molecule has 0 aliphatic heterocycles. The van der Waals surface area contributed by atoms with Gasteiger partial charge in [0.05, 0.1) is 0 Å². The van der Waals surface area contributed by atoms with Crippen LogP contribution in [0.15, 0.2) is 0 Å². The summed E-state index contributed by atoms with van der Waals surface area (Å²) in [6, 6.07) is 0. The molecular formula is C8H8BF7O2. The summed E-state index contributed by atoms with van der Waals surface area (Å²) >= 11 is 0. The van der Waals surface area contributed by atoms with Gasteiger partial charge in [-0.05, 0) is 19.3 Å². The van der Waals surface area contributed by atoms with Crippen molar-refractivity contribution in [3.05, 3.63) is 0 Å². The van der Waals surface area contributed by atoms with E-state index in [0.717, 1.165) is 0 Å². The molecule has 3 fully saturated rings. The van der Waals surface area contributed by atoms with E-state index in [4.69, 9.17) is 10.0 Å². The lowest BCUT2D eigenvalue weighted by Crippen LogP contribution is -2.78. The Balaban J connectivity index is 2.32. The number of hydrogen-bond acceptors (Lipinski definition) is 2. The molecule has 3 saturated carbocycles. The molecule has 104 valence electrons. The maximum Gasteiger partial charge on any atom is 0.458 e. The molecule has 2 N–H and O–H groups in total. The van der Waals surface area contributed by atoms with E-state index in [1.54, 1.807) is 0 Å². The molecule has 0 saturated heterocycles. The Kier molecular flexibility index (Phi) is 2.43. The quantitative estimate of drug-likeness (QED) is 0.601. The highest BCUT2D eigenvalue weighted by molar-refractivity contribution is 6.47. The van der Waals surface area contributed by atoms with Gasteiger partial charge in [-0.2, -0.15) is 26.3 Å². The van der Waals surface area contributed by atoms with Gasteiger partial charge in [-0.1, -0.05) is 0 Å². The third-order valence-electron chi connectivity index (χ3n) is 4.13. The summed E-state index contributed by atoms with van der Waals surface area (Å²) in [5, 5.41) is 16.2. The van der Waals surface area contributed by atoms with Crippen LogP contribution in [0.2, 0.25) is 5.31 Å². The zero-order chi connectivity index (χ0) is 14.2. The van der Waals surface area contributed by atoms with E-state index < -0.39 is 55.1 Å². The average molecular weight is 280 g/mol. The van der Waals surface area contributed by atoms with Gasteiger partial charge in [0.1, 0.15) is 0 Å². The van der Waals surface area contributed by atoms with Crippen LogP contribution in [0.3, 0.4) is 0 Å². The second-order valence-electron chi connectivity index (χ2n) is 5.20. The van der Waals surface area contributed by atoms with Gasteiger partial charge in [0.15, 0.2) is 0 Å². The van der Waals surface area contributed by atoms with E-state index in [9.17, 15) is 30.7 Å². The van der Waals surface area contributed by atoms with Crippen LogP contribution >= 0.6 is 0 Å². The zero-order valence-electron chi connectivity index (χ0n) is 8.74. The summed E-state index contributed by atoms with van der Waals surface area (Å²) in [7, 11) is -2.02. The fraction of sp³-hybridized carbons (Fsp3) is 1.00. The molecule has 3 rings (SSSR count). The van der Waals surface area contributed by atoms with Gasteiger partial charge >= 0.3 is 25.1 Å². The average Bonchev–Trinajstić information content (AvgIpc) is 1.92. The number of halogens is 7. The molecule has 18 heavy (non-hydrogen) atoms. The Morgan fingerprint density at radius 3 is 1.33 bits per heavy atom. The van der Waals surface area contributed by atoms with Gasteiger partial charge in [0.25, 0.3) is 0 Å². The third-order valence-corrected chi connectivity index (χ3v) is 4.13. The van der Waals surface area contributed by atoms with Crippen LogP contribution in [0.5, 0.6) is 0 Å². The maximum absolute atomic E-state index is 13.7. The summed E-state index contributed by atoms with van der Waals surface area (Å²) in [5.74, 6) is 0. The van der Waals surface area contributed by atoms with Crippen molar-refractivity contribution in [2.75, 3.05) is 0 Å². The number of hydrogen-bond donors (Lipinski definition) is 2. The summed E-state index contributed by atoms with van der Waals surface area (Å²) in [6.45, 7) is 0. The first kappa shape index (κ1) is 13.9. The number of alkyl halides is 7. The van der Waals surface area contributed by atoms with E-state index in [0.29, 0.717) is 0 Å². The standard InChI is InChI=1S/C8H8BF7O2/c10-6(7(11,12)13,8(14,15)16)4-1-5(2-4,3-4)9(17)18/h17-18H,1-3H2. The van der Waals surface area contributed by atoms with Crippen LogP contribution in [0.1, 0.15) is 19.3 Å². The Morgan fingerprint density at radius 2 is 1.11 bits per heavy atom. The molecule has 0 heterocycles. The molecule has 10 heteroatoms. The summed E-state index contributed by atoms with van der Waals surface area (Å²) in [5.41, 5.74) is -7.89. The molecule has 0 unspecified atom stereocenters. The highest BCUT2D eigenvalue weighted by atomic mass is 19.4. The van der Waals surface area contributed by atoms with Crippen molar-refractivity contribution >= 4 is 7.12 Å². The van der Waals surface area contributed by atoms with Gasteiger partial charge in [-0.25, -0.2) is 4.39 Å². The van der Waals surface area contributed by atoms with Crippen molar-refractivity contribution in [3.8, 4) is 0 Å². The Labute approximate surface area is 96.9 Å². The van der Waals surface area contributed by atoms with Crippen LogP contribution < -0.4 is 0 Å². The van der Waals surface area contributed by atoms with E-state index in [1.165, 1.54) is 0 Å². The maximum atomic E-state index is 13.7. The van der Waals surface area contributed by atoms with Gasteiger partial charge < -0.3 is 10.0 Å². The molecule has 0 amide bonds. The molecule has 2 nitrogen and oxygen atoms in total. The molecule has 0 aromatic rings. The minimum Gasteiger partial charge on any atom is -0.427 e. The number of rotatable bonds is 2. The molecule has 2 bridgehead atoms. The van der Waals surface area contributed by atoms with Gasteiger partial charge in [-0.15, -0.1) is 0 Å². The minimum atomic E-state index is -6.07. The molecular weight excluding hydrogens is 272 g/mol. The Morgan fingerprint density at radius 1 is 0.778 bits per heavy atom. The van der Waals surface area contributed by atoms with Crippen molar-refractivity contribution in [2.24, 2.45) is 5.41 Å². The van der Waals surface area contributed by atoms with Crippen molar-refractivity contribution in [1.82, 2.24) is 0 Å². The van der Waals surface area contributed by atoms with Gasteiger partial charge in [0, 0.05) is 10.7 Å². The van der Waals surface area contributed by atoms with Gasteiger partial charge in [0.2, 0.25) is 0 Å². The molecule has 0 radical (unpaired) electrons. The molecule has 0 aromatic heterocycles. The molecule has 0 aromatic carbocycles. The first-order valence-electron chi connectivity index (χ1n) is 5.00. The summed E-state index contributed by atoms with van der Waals surface area (Å²) < 4.78 is 88.4. The van der Waals surface area contributed by atoms with E-state index in [2.05, 4.69) is 0 Å². The predicted molar refractivity (Wildman–Crippen MR) is 45.1 cm³/mol. The third kappa shape index (κ3) is 1.28. The lowest BCUT2D eigenvalue weighted by atomic mass is 9.21.